The molecule has 1 rings (SSSR count). The van der Waals surface area contributed by atoms with Gasteiger partial charge in [-0.15, -0.1) is 0 Å². The number of oxime groups is 1. The van der Waals surface area contributed by atoms with Crippen LogP contribution in [0.2, 0.25) is 0 Å². The minimum absolute atomic E-state index is 0.0626. The van der Waals surface area contributed by atoms with Crippen molar-refractivity contribution < 1.29 is 19.2 Å². The molecular weight excluding hydrogens is 286 g/mol. The minimum Gasteiger partial charge on any atom is -0.386 e. The fourth-order valence-corrected chi connectivity index (χ4v) is 2.24. The summed E-state index contributed by atoms with van der Waals surface area (Å²) in [6.07, 6.45) is 1.01. The van der Waals surface area contributed by atoms with Crippen LogP contribution in [0.4, 0.5) is 0 Å². The molecule has 1 aromatic rings. The van der Waals surface area contributed by atoms with Crippen LogP contribution in [0.3, 0.4) is 0 Å². The Bertz CT molecular complexity index is 576. The summed E-state index contributed by atoms with van der Waals surface area (Å²) in [7, 11) is 1.56. The zero-order valence-electron chi connectivity index (χ0n) is 13.5. The Morgan fingerprint density at radius 3 is 2.59 bits per heavy atom. The van der Waals surface area contributed by atoms with E-state index in [1.165, 1.54) is 6.92 Å². The van der Waals surface area contributed by atoms with Gasteiger partial charge in [-0.05, 0) is 25.8 Å². The van der Waals surface area contributed by atoms with Crippen LogP contribution in [-0.4, -0.2) is 42.7 Å². The number of aromatic amines is 1. The number of Topliss-reactive ketones (excluding diaryl/α,β-unsaturated/α-hetero) is 2. The minimum atomic E-state index is -0.268. The molecule has 0 bridgehead atoms. The molecule has 0 saturated carbocycles. The molecule has 1 heterocycles. The van der Waals surface area contributed by atoms with Crippen molar-refractivity contribution in [2.45, 2.75) is 33.6 Å². The Hall–Kier alpha value is -2.15. The summed E-state index contributed by atoms with van der Waals surface area (Å²) in [4.78, 5) is 31.8. The molecule has 7 heteroatoms. The second-order valence-corrected chi connectivity index (χ2v) is 4.91. The van der Waals surface area contributed by atoms with Gasteiger partial charge >= 0.3 is 0 Å². The van der Waals surface area contributed by atoms with Crippen molar-refractivity contribution in [3.63, 3.8) is 0 Å². The molecule has 7 nitrogen and oxygen atoms in total. The van der Waals surface area contributed by atoms with Gasteiger partial charge in [0.25, 0.3) is 0 Å². The summed E-state index contributed by atoms with van der Waals surface area (Å²) >= 11 is 0. The number of hydrogen-bond donors (Lipinski definition) is 2. The van der Waals surface area contributed by atoms with Crippen molar-refractivity contribution >= 4 is 17.4 Å². The van der Waals surface area contributed by atoms with E-state index in [0.29, 0.717) is 36.4 Å². The number of aromatic nitrogens is 1. The number of amidine groups is 1. The van der Waals surface area contributed by atoms with Gasteiger partial charge in [-0.2, -0.15) is 0 Å². The molecule has 0 atom stereocenters. The third-order valence-corrected chi connectivity index (χ3v) is 3.22. The SMILES string of the molecule is CCc1c(C(=O)CO/N=C(/N)CCOC)[nH]c(C)c1C(C)=O. The third-order valence-electron chi connectivity index (χ3n) is 3.22. The number of nitrogens with zero attached hydrogens (tertiary/aromatic N) is 1. The van der Waals surface area contributed by atoms with Gasteiger partial charge in [0.05, 0.1) is 12.3 Å². The van der Waals surface area contributed by atoms with E-state index >= 15 is 0 Å². The number of H-pyrrole nitrogens is 1. The van der Waals surface area contributed by atoms with E-state index in [2.05, 4.69) is 10.1 Å². The molecule has 0 radical (unpaired) electrons. The number of nitrogens with one attached hydrogen (secondary N) is 1. The van der Waals surface area contributed by atoms with Gasteiger partial charge in [-0.1, -0.05) is 12.1 Å². The van der Waals surface area contributed by atoms with Crippen molar-refractivity contribution in [1.29, 1.82) is 0 Å². The van der Waals surface area contributed by atoms with Gasteiger partial charge in [0.15, 0.2) is 12.4 Å². The standard InChI is InChI=1S/C15H23N3O4/c1-5-11-14(10(3)19)9(2)17-15(11)12(20)8-22-18-13(16)6-7-21-4/h17H,5-8H2,1-4H3,(H2,16,18). The van der Waals surface area contributed by atoms with Crippen molar-refractivity contribution in [2.24, 2.45) is 10.9 Å². The van der Waals surface area contributed by atoms with Crippen LogP contribution in [0, 0.1) is 6.92 Å². The highest BCUT2D eigenvalue weighted by Crippen LogP contribution is 2.20. The lowest BCUT2D eigenvalue weighted by atomic mass is 10.0. The van der Waals surface area contributed by atoms with Gasteiger partial charge < -0.3 is 20.3 Å². The van der Waals surface area contributed by atoms with E-state index in [0.717, 1.165) is 5.56 Å². The lowest BCUT2D eigenvalue weighted by Crippen LogP contribution is -2.16. The summed E-state index contributed by atoms with van der Waals surface area (Å²) in [5.41, 5.74) is 7.97. The smallest absolute Gasteiger partial charge is 0.219 e. The number of carbonyl (C=O) groups is 2. The number of aryl methyl sites for hydroxylation is 1. The Labute approximate surface area is 129 Å². The van der Waals surface area contributed by atoms with Gasteiger partial charge in [0.1, 0.15) is 5.84 Å². The highest BCUT2D eigenvalue weighted by Gasteiger charge is 2.21. The number of rotatable bonds is 9. The van der Waals surface area contributed by atoms with Gasteiger partial charge in [-0.3, -0.25) is 9.59 Å². The van der Waals surface area contributed by atoms with Crippen LogP contribution in [0.25, 0.3) is 0 Å². The zero-order valence-corrected chi connectivity index (χ0v) is 13.5. The van der Waals surface area contributed by atoms with E-state index in [1.54, 1.807) is 14.0 Å². The fraction of sp³-hybridized carbons (Fsp3) is 0.533. The second kappa shape index (κ2) is 8.33. The summed E-state index contributed by atoms with van der Waals surface area (Å²) in [6, 6.07) is 0. The molecule has 122 valence electrons. The normalized spacial score (nSPS) is 11.5. The Morgan fingerprint density at radius 2 is 2.05 bits per heavy atom. The first-order valence-electron chi connectivity index (χ1n) is 7.11. The lowest BCUT2D eigenvalue weighted by Gasteiger charge is -2.03. The molecule has 0 fully saturated rings. The highest BCUT2D eigenvalue weighted by atomic mass is 16.6. The first-order chi connectivity index (χ1) is 10.4. The monoisotopic (exact) mass is 309 g/mol. The van der Waals surface area contributed by atoms with Crippen molar-refractivity contribution in [3.8, 4) is 0 Å². The first kappa shape index (κ1) is 17.9. The number of ketones is 2. The van der Waals surface area contributed by atoms with E-state index in [9.17, 15) is 9.59 Å². The van der Waals surface area contributed by atoms with Gasteiger partial charge in [0.2, 0.25) is 5.78 Å². The molecule has 3 N–H and O–H groups in total. The average Bonchev–Trinajstić information content (AvgIpc) is 2.81. The fourth-order valence-electron chi connectivity index (χ4n) is 2.24. The molecule has 0 aromatic carbocycles. The molecule has 0 unspecified atom stereocenters. The third kappa shape index (κ3) is 4.42. The number of hydrogen-bond acceptors (Lipinski definition) is 5. The predicted octanol–water partition coefficient (Wildman–Crippen LogP) is 1.60. The molecule has 22 heavy (non-hydrogen) atoms. The van der Waals surface area contributed by atoms with Crippen LogP contribution < -0.4 is 5.73 Å². The maximum Gasteiger partial charge on any atom is 0.219 e. The number of carbonyl (C=O) groups excluding carboxylic acids is 2. The van der Waals surface area contributed by atoms with Crippen molar-refractivity contribution in [1.82, 2.24) is 4.98 Å². The van der Waals surface area contributed by atoms with Crippen LogP contribution >= 0.6 is 0 Å². The molecule has 0 aliphatic carbocycles. The summed E-state index contributed by atoms with van der Waals surface area (Å²) in [6.45, 7) is 5.35. The number of nitrogens with two attached hydrogens (primary N) is 1. The molecule has 1 aromatic heterocycles. The number of methoxy groups -OCH3 is 1. The van der Waals surface area contributed by atoms with Gasteiger partial charge in [0, 0.05) is 24.8 Å². The second-order valence-electron chi connectivity index (χ2n) is 4.91. The highest BCUT2D eigenvalue weighted by molar-refractivity contribution is 6.03. The molecular formula is C15H23N3O4. The molecule has 0 amide bonds. The number of ether oxygens (including phenoxy) is 1. The lowest BCUT2D eigenvalue weighted by molar-refractivity contribution is 0.0768. The average molecular weight is 309 g/mol. The molecule has 0 aliphatic heterocycles. The van der Waals surface area contributed by atoms with E-state index in [1.807, 2.05) is 6.92 Å². The molecule has 0 saturated heterocycles. The van der Waals surface area contributed by atoms with Crippen molar-refractivity contribution in [2.75, 3.05) is 20.3 Å². The summed E-state index contributed by atoms with van der Waals surface area (Å²) in [5, 5.41) is 3.66. The van der Waals surface area contributed by atoms with Crippen LogP contribution in [0.15, 0.2) is 5.16 Å². The quantitative estimate of drug-likeness (QED) is 0.312. The van der Waals surface area contributed by atoms with Crippen LogP contribution in [-0.2, 0) is 16.0 Å². The maximum atomic E-state index is 12.2. The summed E-state index contributed by atoms with van der Waals surface area (Å²) in [5.74, 6) is -0.0689. The first-order valence-corrected chi connectivity index (χ1v) is 7.11. The van der Waals surface area contributed by atoms with Crippen LogP contribution in [0.5, 0.6) is 0 Å². The Kier molecular flexibility index (Phi) is 6.78. The van der Waals surface area contributed by atoms with E-state index in [-0.39, 0.29) is 24.0 Å². The Morgan fingerprint density at radius 1 is 1.36 bits per heavy atom. The zero-order chi connectivity index (χ0) is 16.7. The topological polar surface area (TPSA) is 107 Å². The van der Waals surface area contributed by atoms with Crippen LogP contribution in [0.1, 0.15) is 52.4 Å². The Balaban J connectivity index is 2.78. The maximum absolute atomic E-state index is 12.2. The van der Waals surface area contributed by atoms with Crippen molar-refractivity contribution in [3.05, 3.63) is 22.5 Å². The van der Waals surface area contributed by atoms with E-state index in [4.69, 9.17) is 15.3 Å². The molecule has 0 aliphatic rings. The summed E-state index contributed by atoms with van der Waals surface area (Å²) < 4.78 is 4.86. The van der Waals surface area contributed by atoms with E-state index < -0.39 is 0 Å². The largest absolute Gasteiger partial charge is 0.386 e. The molecule has 0 spiro atoms. The predicted molar refractivity (Wildman–Crippen MR) is 83.3 cm³/mol. The van der Waals surface area contributed by atoms with Gasteiger partial charge in [-0.25, -0.2) is 0 Å².